The Labute approximate surface area is 126 Å². The van der Waals surface area contributed by atoms with Crippen molar-refractivity contribution in [2.24, 2.45) is 5.92 Å². The van der Waals surface area contributed by atoms with Crippen LogP contribution in [0.1, 0.15) is 30.9 Å². The van der Waals surface area contributed by atoms with Crippen LogP contribution >= 0.6 is 0 Å². The summed E-state index contributed by atoms with van der Waals surface area (Å²) in [6.45, 7) is 4.37. The normalized spacial score (nSPS) is 33.9. The summed E-state index contributed by atoms with van der Waals surface area (Å²) in [5.41, 5.74) is 2.84. The van der Waals surface area contributed by atoms with Gasteiger partial charge in [-0.1, -0.05) is 25.1 Å². The number of rotatable bonds is 1. The molecular weight excluding hydrogens is 262 g/mol. The van der Waals surface area contributed by atoms with Crippen molar-refractivity contribution < 1.29 is 9.47 Å². The highest BCUT2D eigenvalue weighted by Crippen LogP contribution is 2.56. The Bertz CT molecular complexity index is 609. The second-order valence-corrected chi connectivity index (χ2v) is 6.84. The predicted octanol–water partition coefficient (Wildman–Crippen LogP) is 3.13. The first kappa shape index (κ1) is 13.2. The van der Waals surface area contributed by atoms with Crippen LogP contribution in [0.25, 0.3) is 0 Å². The summed E-state index contributed by atoms with van der Waals surface area (Å²) >= 11 is 0. The lowest BCUT2D eigenvalue weighted by Crippen LogP contribution is -2.41. The molecule has 1 aromatic carbocycles. The standard InChI is InChI=1S/C18H23NO2/c1-12-6-7-18-8-9-19(2)11-13-4-5-14(20-3)17(16(13)18)21-15(18)10-12/h4-7,12,15H,8-11H2,1-3H3/t12-,15-,18-/m0/s1. The van der Waals surface area contributed by atoms with Crippen LogP contribution < -0.4 is 9.47 Å². The molecule has 0 fully saturated rings. The summed E-state index contributed by atoms with van der Waals surface area (Å²) in [4.78, 5) is 2.41. The molecule has 0 N–H and O–H groups in total. The molecule has 3 atom stereocenters. The van der Waals surface area contributed by atoms with Gasteiger partial charge in [0.25, 0.3) is 0 Å². The van der Waals surface area contributed by atoms with Crippen molar-refractivity contribution in [3.8, 4) is 11.5 Å². The lowest BCUT2D eigenvalue weighted by molar-refractivity contribution is 0.127. The van der Waals surface area contributed by atoms with E-state index in [0.717, 1.165) is 37.4 Å². The second kappa shape index (κ2) is 4.51. The summed E-state index contributed by atoms with van der Waals surface area (Å²) < 4.78 is 12.0. The highest BCUT2D eigenvalue weighted by Gasteiger charge is 2.52. The van der Waals surface area contributed by atoms with Crippen LogP contribution in [0.3, 0.4) is 0 Å². The quantitative estimate of drug-likeness (QED) is 0.740. The van der Waals surface area contributed by atoms with Crippen molar-refractivity contribution in [2.45, 2.75) is 37.8 Å². The van der Waals surface area contributed by atoms with Gasteiger partial charge in [0.15, 0.2) is 11.5 Å². The molecule has 0 radical (unpaired) electrons. The topological polar surface area (TPSA) is 21.7 Å². The van der Waals surface area contributed by atoms with Gasteiger partial charge in [0, 0.05) is 12.1 Å². The smallest absolute Gasteiger partial charge is 0.166 e. The molecule has 112 valence electrons. The Balaban J connectivity index is 1.95. The minimum Gasteiger partial charge on any atom is -0.493 e. The van der Waals surface area contributed by atoms with Crippen LogP contribution in [0.15, 0.2) is 24.3 Å². The molecular formula is C18H23NO2. The van der Waals surface area contributed by atoms with Gasteiger partial charge in [0.05, 0.1) is 12.5 Å². The summed E-state index contributed by atoms with van der Waals surface area (Å²) in [7, 11) is 3.94. The van der Waals surface area contributed by atoms with Gasteiger partial charge in [0.2, 0.25) is 0 Å². The summed E-state index contributed by atoms with van der Waals surface area (Å²) in [6.07, 6.45) is 7.29. The fraction of sp³-hybridized carbons (Fsp3) is 0.556. The van der Waals surface area contributed by atoms with Crippen LogP contribution in [-0.4, -0.2) is 31.7 Å². The van der Waals surface area contributed by atoms with Gasteiger partial charge in [-0.25, -0.2) is 0 Å². The SMILES string of the molecule is COc1ccc2c3c1O[C@H]1C[C@@H](C)C=C[C@@]31CCN(C)C2. The van der Waals surface area contributed by atoms with Crippen LogP contribution in [0, 0.1) is 5.92 Å². The first-order valence-electron chi connectivity index (χ1n) is 7.89. The molecule has 0 saturated heterocycles. The molecule has 1 aliphatic carbocycles. The van der Waals surface area contributed by atoms with E-state index in [1.807, 2.05) is 0 Å². The highest BCUT2D eigenvalue weighted by atomic mass is 16.5. The Hall–Kier alpha value is -1.48. The van der Waals surface area contributed by atoms with Gasteiger partial charge in [-0.3, -0.25) is 0 Å². The number of allylic oxidation sites excluding steroid dienone is 1. The van der Waals surface area contributed by atoms with Crippen molar-refractivity contribution >= 4 is 0 Å². The number of benzene rings is 1. The van der Waals surface area contributed by atoms with Gasteiger partial charge in [-0.2, -0.15) is 0 Å². The zero-order valence-corrected chi connectivity index (χ0v) is 13.1. The third kappa shape index (κ3) is 1.76. The molecule has 0 bridgehead atoms. The Morgan fingerprint density at radius 3 is 3.05 bits per heavy atom. The molecule has 2 heterocycles. The van der Waals surface area contributed by atoms with E-state index in [0.29, 0.717) is 5.92 Å². The maximum absolute atomic E-state index is 6.41. The van der Waals surface area contributed by atoms with Gasteiger partial charge in [-0.05, 0) is 44.0 Å². The van der Waals surface area contributed by atoms with Gasteiger partial charge >= 0.3 is 0 Å². The molecule has 3 heteroatoms. The van der Waals surface area contributed by atoms with Crippen molar-refractivity contribution in [1.29, 1.82) is 0 Å². The molecule has 1 spiro atoms. The summed E-state index contributed by atoms with van der Waals surface area (Å²) in [5, 5.41) is 0. The average Bonchev–Trinajstić information content (AvgIpc) is 2.72. The molecule has 0 unspecified atom stereocenters. The second-order valence-electron chi connectivity index (χ2n) is 6.84. The van der Waals surface area contributed by atoms with E-state index in [2.05, 4.69) is 43.2 Å². The third-order valence-electron chi connectivity index (χ3n) is 5.38. The van der Waals surface area contributed by atoms with Crippen molar-refractivity contribution in [1.82, 2.24) is 4.90 Å². The largest absolute Gasteiger partial charge is 0.493 e. The van der Waals surface area contributed by atoms with E-state index < -0.39 is 0 Å². The Kier molecular flexibility index (Phi) is 2.83. The summed E-state index contributed by atoms with van der Waals surface area (Å²) in [6, 6.07) is 4.28. The third-order valence-corrected chi connectivity index (χ3v) is 5.38. The first-order chi connectivity index (χ1) is 10.1. The Morgan fingerprint density at radius 1 is 1.38 bits per heavy atom. The number of methoxy groups -OCH3 is 1. The molecule has 21 heavy (non-hydrogen) atoms. The average molecular weight is 285 g/mol. The van der Waals surface area contributed by atoms with Crippen molar-refractivity contribution in [3.63, 3.8) is 0 Å². The van der Waals surface area contributed by atoms with Gasteiger partial charge in [0.1, 0.15) is 6.10 Å². The van der Waals surface area contributed by atoms with Gasteiger partial charge < -0.3 is 14.4 Å². The van der Waals surface area contributed by atoms with Crippen LogP contribution in [0.4, 0.5) is 0 Å². The van der Waals surface area contributed by atoms with E-state index in [1.54, 1.807) is 7.11 Å². The maximum Gasteiger partial charge on any atom is 0.166 e. The fourth-order valence-corrected chi connectivity index (χ4v) is 4.25. The maximum atomic E-state index is 6.41. The molecule has 2 aliphatic heterocycles. The van der Waals surface area contributed by atoms with E-state index in [-0.39, 0.29) is 11.5 Å². The van der Waals surface area contributed by atoms with E-state index in [4.69, 9.17) is 9.47 Å². The summed E-state index contributed by atoms with van der Waals surface area (Å²) in [5.74, 6) is 2.47. The van der Waals surface area contributed by atoms with Gasteiger partial charge in [-0.15, -0.1) is 0 Å². The molecule has 3 aliphatic rings. The van der Waals surface area contributed by atoms with E-state index >= 15 is 0 Å². The van der Waals surface area contributed by atoms with Crippen molar-refractivity contribution in [2.75, 3.05) is 20.7 Å². The van der Waals surface area contributed by atoms with E-state index in [1.165, 1.54) is 11.1 Å². The fourth-order valence-electron chi connectivity index (χ4n) is 4.25. The molecule has 4 rings (SSSR count). The molecule has 0 amide bonds. The van der Waals surface area contributed by atoms with Crippen LogP contribution in [0.5, 0.6) is 11.5 Å². The molecule has 3 nitrogen and oxygen atoms in total. The number of ether oxygens (including phenoxy) is 2. The molecule has 1 aromatic rings. The highest BCUT2D eigenvalue weighted by molar-refractivity contribution is 5.60. The lowest BCUT2D eigenvalue weighted by Gasteiger charge is -2.36. The number of hydrogen-bond acceptors (Lipinski definition) is 3. The van der Waals surface area contributed by atoms with Crippen molar-refractivity contribution in [3.05, 3.63) is 35.4 Å². The van der Waals surface area contributed by atoms with Crippen LogP contribution in [-0.2, 0) is 12.0 Å². The minimum absolute atomic E-state index is 0.0521. The zero-order chi connectivity index (χ0) is 14.6. The zero-order valence-electron chi connectivity index (χ0n) is 13.1. The lowest BCUT2D eigenvalue weighted by atomic mass is 9.68. The molecule has 0 aromatic heterocycles. The minimum atomic E-state index is 0.0521. The predicted molar refractivity (Wildman–Crippen MR) is 83.0 cm³/mol. The first-order valence-corrected chi connectivity index (χ1v) is 7.89. The Morgan fingerprint density at radius 2 is 2.24 bits per heavy atom. The number of nitrogens with zero attached hydrogens (tertiary/aromatic N) is 1. The number of hydrogen-bond donors (Lipinski definition) is 0. The molecule has 0 saturated carbocycles. The monoisotopic (exact) mass is 285 g/mol. The van der Waals surface area contributed by atoms with E-state index in [9.17, 15) is 0 Å². The van der Waals surface area contributed by atoms with Crippen LogP contribution in [0.2, 0.25) is 0 Å².